The Morgan fingerprint density at radius 2 is 0.521 bits per heavy atom. The zero-order valence-corrected chi connectivity index (χ0v) is 79.7. The van der Waals surface area contributed by atoms with Gasteiger partial charge in [-0.05, 0) is 221 Å². The molecule has 0 radical (unpaired) electrons. The van der Waals surface area contributed by atoms with Gasteiger partial charge in [0.1, 0.15) is 131 Å². The van der Waals surface area contributed by atoms with Gasteiger partial charge in [-0.2, -0.15) is 0 Å². The molecule has 0 saturated carbocycles. The van der Waals surface area contributed by atoms with Crippen LogP contribution in [0.2, 0.25) is 0 Å². The molecule has 0 fully saturated rings. The summed E-state index contributed by atoms with van der Waals surface area (Å²) in [5, 5.41) is 52.5. The largest absolute Gasteiger partial charge is 0.497 e. The summed E-state index contributed by atoms with van der Waals surface area (Å²) in [6.45, 7) is 18.2. The molecule has 12 N–H and O–H groups in total. The summed E-state index contributed by atoms with van der Waals surface area (Å²) < 4.78 is 127. The molecule has 16 aromatic rings. The van der Waals surface area contributed by atoms with E-state index in [4.69, 9.17) is 58.3 Å². The fraction of sp³-hybridized carbons (Fsp3) is 0.236. The molecule has 16 rings (SSSR count). The zero-order chi connectivity index (χ0) is 100. The molecule has 4 atom stereocenters. The highest BCUT2D eigenvalue weighted by atomic mass is 19.1. The van der Waals surface area contributed by atoms with E-state index in [0.717, 1.165) is 44.1 Å². The number of carbonyl (C=O) groups excluding carboxylic acids is 4. The highest BCUT2D eigenvalue weighted by Crippen LogP contribution is 2.41. The number of nitrogens with one attached hydrogen (secondary N) is 8. The molecule has 4 heterocycles. The second kappa shape index (κ2) is 46.1. The van der Waals surface area contributed by atoms with Crippen LogP contribution in [-0.2, 0) is 0 Å². The number of carbonyl (C=O) groups is 4. The third kappa shape index (κ3) is 24.4. The van der Waals surface area contributed by atoms with E-state index in [9.17, 15) is 45.5 Å². The van der Waals surface area contributed by atoms with Crippen LogP contribution in [-0.4, -0.2) is 145 Å². The monoisotopic (exact) mass is 1910 g/mol. The predicted molar refractivity (Wildman–Crippen MR) is 531 cm³/mol. The molecule has 4 unspecified atom stereocenters. The lowest BCUT2D eigenvalue weighted by atomic mass is 9.93. The molecular weight excluding hydrogens is 1800 g/mol. The molecule has 728 valence electrons. The second-order valence-corrected chi connectivity index (χ2v) is 33.8. The van der Waals surface area contributed by atoms with Crippen LogP contribution in [0.1, 0.15) is 143 Å². The first-order valence-corrected chi connectivity index (χ1v) is 44.9. The first kappa shape index (κ1) is 102. The highest BCUT2D eigenvalue weighted by molar-refractivity contribution is 6.15. The maximum absolute atomic E-state index is 14.1. The number of hydrogen-bond acceptors (Lipinski definition) is 20. The zero-order valence-electron chi connectivity index (χ0n) is 79.7. The van der Waals surface area contributed by atoms with Crippen LogP contribution in [0.15, 0.2) is 219 Å². The van der Waals surface area contributed by atoms with E-state index in [1.165, 1.54) is 89.1 Å². The Morgan fingerprint density at radius 3 is 0.764 bits per heavy atom. The van der Waals surface area contributed by atoms with E-state index in [1.54, 1.807) is 176 Å². The number of ether oxygens (including phenoxy) is 8. The van der Waals surface area contributed by atoms with Gasteiger partial charge in [0.15, 0.2) is 23.1 Å². The van der Waals surface area contributed by atoms with Gasteiger partial charge in [-0.25, -0.2) is 26.3 Å². The molecule has 0 amide bonds. The van der Waals surface area contributed by atoms with Crippen LogP contribution in [0.5, 0.6) is 46.0 Å². The molecule has 4 aromatic heterocycles. The third-order valence-electron chi connectivity index (χ3n) is 23.6. The molecule has 0 aliphatic rings. The minimum Gasteiger partial charge on any atom is -0.497 e. The van der Waals surface area contributed by atoms with Crippen molar-refractivity contribution in [2.75, 3.05) is 103 Å². The fourth-order valence-corrected chi connectivity index (χ4v) is 16.9. The van der Waals surface area contributed by atoms with E-state index in [1.807, 2.05) is 39.8 Å². The van der Waals surface area contributed by atoms with E-state index < -0.39 is 35.8 Å². The minimum atomic E-state index is -0.891. The van der Waals surface area contributed by atoms with Gasteiger partial charge in [0.2, 0.25) is 0 Å². The molecule has 24 nitrogen and oxygen atoms in total. The van der Waals surface area contributed by atoms with Crippen molar-refractivity contribution in [2.45, 2.75) is 93.4 Å². The average molecular weight is 1910 g/mol. The van der Waals surface area contributed by atoms with Gasteiger partial charge in [0, 0.05) is 186 Å². The maximum Gasteiger partial charge on any atom is 0.191 e. The summed E-state index contributed by atoms with van der Waals surface area (Å²) in [7, 11) is 6.10. The van der Waals surface area contributed by atoms with Gasteiger partial charge in [0.25, 0.3) is 0 Å². The Balaban J connectivity index is 0.000000157. The van der Waals surface area contributed by atoms with E-state index in [0.29, 0.717) is 168 Å². The molecule has 30 heteroatoms. The molecule has 12 aromatic carbocycles. The van der Waals surface area contributed by atoms with Crippen molar-refractivity contribution >= 4 is 89.5 Å². The lowest BCUT2D eigenvalue weighted by molar-refractivity contribution is 0.0963. The quantitative estimate of drug-likeness (QED) is 0.0128. The number of H-pyrrole nitrogens is 4. The number of aliphatic hydroxyl groups excluding tert-OH is 4. The number of methoxy groups -OCH3 is 4. The number of aromatic nitrogens is 4. The Bertz CT molecular complexity index is 6790. The number of Topliss-reactive ketones (excluding diaryl/α,β-unsaturated/α-hetero) is 4. The van der Waals surface area contributed by atoms with Gasteiger partial charge >= 0.3 is 0 Å². The number of aliphatic hydroxyl groups is 4. The summed E-state index contributed by atoms with van der Waals surface area (Å²) in [5.74, 6) is 0.761. The van der Waals surface area contributed by atoms with Gasteiger partial charge in [-0.1, -0.05) is 47.5 Å². The van der Waals surface area contributed by atoms with Crippen molar-refractivity contribution in [2.24, 2.45) is 0 Å². The molecule has 140 heavy (non-hydrogen) atoms. The average Bonchev–Trinajstić information content (AvgIpc) is 1.64. The minimum absolute atomic E-state index is 0.0945. The predicted octanol–water partition coefficient (Wildman–Crippen LogP) is 22.3. The molecule has 0 bridgehead atoms. The van der Waals surface area contributed by atoms with Crippen LogP contribution in [0.3, 0.4) is 0 Å². The van der Waals surface area contributed by atoms with Crippen molar-refractivity contribution < 1.29 is 104 Å². The maximum atomic E-state index is 14.1. The van der Waals surface area contributed by atoms with Gasteiger partial charge in [-0.3, -0.25) is 19.2 Å². The normalized spacial score (nSPS) is 11.9. The number of benzene rings is 12. The Kier molecular flexibility index (Phi) is 33.6. The van der Waals surface area contributed by atoms with E-state index >= 15 is 0 Å². The van der Waals surface area contributed by atoms with Crippen LogP contribution in [0, 0.1) is 104 Å². The lowest BCUT2D eigenvalue weighted by Gasteiger charge is -2.22. The van der Waals surface area contributed by atoms with Crippen molar-refractivity contribution in [3.8, 4) is 46.0 Å². The smallest absolute Gasteiger partial charge is 0.191 e. The number of fused-ring (bicyclic) bond motifs is 4. The van der Waals surface area contributed by atoms with Gasteiger partial charge in [0.05, 0.1) is 54.9 Å². The lowest BCUT2D eigenvalue weighted by Crippen LogP contribution is -2.22. The van der Waals surface area contributed by atoms with Crippen LogP contribution in [0.25, 0.3) is 43.6 Å². The topological polar surface area (TPSA) is 334 Å². The van der Waals surface area contributed by atoms with E-state index in [-0.39, 0.29) is 99.3 Å². The van der Waals surface area contributed by atoms with Gasteiger partial charge in [-0.15, -0.1) is 0 Å². The second-order valence-electron chi connectivity index (χ2n) is 33.8. The number of aryl methyl sites for hydroxylation is 10. The molecule has 0 aliphatic heterocycles. The van der Waals surface area contributed by atoms with Crippen LogP contribution < -0.4 is 59.2 Å². The summed E-state index contributed by atoms with van der Waals surface area (Å²) in [6, 6.07) is 48.6. The number of rotatable bonds is 36. The highest BCUT2D eigenvalue weighted by Gasteiger charge is 2.33. The fourth-order valence-electron chi connectivity index (χ4n) is 16.9. The van der Waals surface area contributed by atoms with Crippen molar-refractivity contribution in [3.63, 3.8) is 0 Å². The Hall–Kier alpha value is -15.5. The first-order valence-electron chi connectivity index (χ1n) is 44.9. The number of aromatic amines is 4. The summed E-state index contributed by atoms with van der Waals surface area (Å²) in [5.41, 5.74) is 17.0. The van der Waals surface area contributed by atoms with Crippen molar-refractivity contribution in [1.29, 1.82) is 0 Å². The molecular formula is C110H110F6N8O16. The molecule has 0 spiro atoms. The number of halogens is 6. The number of anilines is 4. The van der Waals surface area contributed by atoms with Crippen LogP contribution >= 0.6 is 0 Å². The Morgan fingerprint density at radius 1 is 0.279 bits per heavy atom. The number of hydrogen-bond donors (Lipinski definition) is 12. The van der Waals surface area contributed by atoms with Crippen LogP contribution in [0.4, 0.5) is 49.1 Å². The van der Waals surface area contributed by atoms with E-state index in [2.05, 4.69) is 53.3 Å². The summed E-state index contributed by atoms with van der Waals surface area (Å²) in [4.78, 5) is 68.3. The van der Waals surface area contributed by atoms with Crippen molar-refractivity contribution in [1.82, 2.24) is 19.9 Å². The summed E-state index contributed by atoms with van der Waals surface area (Å²) in [6.07, 6.45) is 6.57. The van der Waals surface area contributed by atoms with Gasteiger partial charge < -0.3 is 99.5 Å². The Labute approximate surface area is 805 Å². The number of ketones is 4. The first-order chi connectivity index (χ1) is 67.2. The summed E-state index contributed by atoms with van der Waals surface area (Å²) >= 11 is 0. The standard InChI is InChI=1S/2C28H29FN2O4.2C27H26F2N2O4/c2*1-16-9-18(3)26-24(10-16)25(15-30-26)28(33)27(23-6-5-19(29)11-17(23)2)31-20-12-21(34-4)14-22(13-20)35-8-7-32;2*1-15-8-17(28)4-5-21(15)26(31-18-10-19(34-3)12-20(11-18)35-7-6-32)27(33)23-14-30-25-13-24(29)16(2)9-22(23)25/h2*5-6,9-15,27,30-32H,7-8H2,1-4H3;2*4-5,8-14,26,30-32H,6-7H2,1-3H3. The van der Waals surface area contributed by atoms with Crippen molar-refractivity contribution in [3.05, 3.63) is 354 Å². The SMILES string of the molecule is COc1cc(NC(C(=O)c2c[nH]c3c(C)cc(C)cc23)c2ccc(F)cc2C)cc(OCCO)c1.COc1cc(NC(C(=O)c2c[nH]c3c(C)cc(C)cc23)c2ccc(F)cc2C)cc(OCCO)c1.COc1cc(NC(C(=O)c2c[nH]c3cc(F)c(C)cc23)c2ccc(F)cc2C)cc(OCCO)c1.COc1cc(NC(C(=O)c2c[nH]c3cc(F)c(C)cc23)c2ccc(F)cc2C)cc(OCCO)c1. The molecule has 0 saturated heterocycles. The molecule has 0 aliphatic carbocycles. The third-order valence-corrected chi connectivity index (χ3v) is 23.6.